The molecule has 3 rings (SSSR count). The molecule has 0 atom stereocenters. The SMILES string of the molecule is O=C(O)Cn1cc(-c2ccc(Cl)cc2)c(C(F)(F)F)c1-c1ccc(Cl)cc1. The van der Waals surface area contributed by atoms with Gasteiger partial charge in [0.1, 0.15) is 6.54 Å². The minimum atomic E-state index is -4.70. The summed E-state index contributed by atoms with van der Waals surface area (Å²) in [5.41, 5.74) is -0.760. The molecule has 1 heterocycles. The predicted molar refractivity (Wildman–Crippen MR) is 98.0 cm³/mol. The summed E-state index contributed by atoms with van der Waals surface area (Å²) in [5, 5.41) is 9.90. The van der Waals surface area contributed by atoms with Crippen molar-refractivity contribution in [2.75, 3.05) is 0 Å². The van der Waals surface area contributed by atoms with Gasteiger partial charge in [0, 0.05) is 21.8 Å². The molecule has 3 aromatic rings. The van der Waals surface area contributed by atoms with Crippen LogP contribution in [0.3, 0.4) is 0 Å². The third-order valence-corrected chi connectivity index (χ3v) is 4.44. The second kappa shape index (κ2) is 7.29. The highest BCUT2D eigenvalue weighted by Gasteiger charge is 2.39. The molecule has 0 aliphatic heterocycles. The molecule has 8 heteroatoms. The van der Waals surface area contributed by atoms with Crippen LogP contribution in [0.1, 0.15) is 5.56 Å². The number of carboxylic acids is 1. The number of carbonyl (C=O) groups is 1. The van der Waals surface area contributed by atoms with Crippen LogP contribution >= 0.6 is 23.2 Å². The van der Waals surface area contributed by atoms with Gasteiger partial charge in [-0.05, 0) is 35.4 Å². The van der Waals surface area contributed by atoms with Crippen molar-refractivity contribution < 1.29 is 23.1 Å². The predicted octanol–water partition coefficient (Wildman–Crippen LogP) is 6.23. The van der Waals surface area contributed by atoms with Crippen molar-refractivity contribution in [3.8, 4) is 22.4 Å². The number of alkyl halides is 3. The molecule has 3 nitrogen and oxygen atoms in total. The summed E-state index contributed by atoms with van der Waals surface area (Å²) < 4.78 is 43.0. The molecule has 140 valence electrons. The third-order valence-electron chi connectivity index (χ3n) is 3.94. The lowest BCUT2D eigenvalue weighted by atomic mass is 9.99. The van der Waals surface area contributed by atoms with E-state index in [4.69, 9.17) is 28.3 Å². The number of benzene rings is 2. The number of nitrogens with zero attached hydrogens (tertiary/aromatic N) is 1. The van der Waals surface area contributed by atoms with Crippen molar-refractivity contribution in [2.24, 2.45) is 0 Å². The van der Waals surface area contributed by atoms with Gasteiger partial charge in [-0.3, -0.25) is 4.79 Å². The molecule has 0 spiro atoms. The molecule has 27 heavy (non-hydrogen) atoms. The zero-order valence-corrected chi connectivity index (χ0v) is 15.1. The van der Waals surface area contributed by atoms with Crippen molar-refractivity contribution in [1.82, 2.24) is 4.57 Å². The second-order valence-corrected chi connectivity index (χ2v) is 6.67. The van der Waals surface area contributed by atoms with Gasteiger partial charge in [0.15, 0.2) is 0 Å². The Bertz CT molecular complexity index is 978. The molecule has 0 fully saturated rings. The number of hydrogen-bond acceptors (Lipinski definition) is 1. The number of aromatic nitrogens is 1. The lowest BCUT2D eigenvalue weighted by molar-refractivity contribution is -0.139. The Labute approximate surface area is 162 Å². The molecule has 0 radical (unpaired) electrons. The van der Waals surface area contributed by atoms with Gasteiger partial charge in [0.2, 0.25) is 0 Å². The first-order valence-corrected chi connectivity index (χ1v) is 8.46. The molecule has 1 N–H and O–H groups in total. The van der Waals surface area contributed by atoms with Gasteiger partial charge in [-0.15, -0.1) is 0 Å². The summed E-state index contributed by atoms with van der Waals surface area (Å²) in [6.07, 6.45) is -3.50. The number of aliphatic carboxylic acids is 1. The van der Waals surface area contributed by atoms with Crippen LogP contribution in [-0.2, 0) is 17.5 Å². The summed E-state index contributed by atoms with van der Waals surface area (Å²) in [6, 6.07) is 11.6. The Kier molecular flexibility index (Phi) is 5.22. The largest absolute Gasteiger partial charge is 0.480 e. The van der Waals surface area contributed by atoms with E-state index >= 15 is 0 Å². The third kappa shape index (κ3) is 4.12. The molecule has 0 unspecified atom stereocenters. The molecule has 0 aliphatic rings. The average Bonchev–Trinajstić information content (AvgIpc) is 2.95. The molecule has 1 aromatic heterocycles. The van der Waals surface area contributed by atoms with Crippen LogP contribution in [0, 0.1) is 0 Å². The zero-order chi connectivity index (χ0) is 19.8. The Morgan fingerprint density at radius 1 is 0.926 bits per heavy atom. The fourth-order valence-electron chi connectivity index (χ4n) is 2.88. The minimum absolute atomic E-state index is 0.120. The maximum absolute atomic E-state index is 14.0. The smallest absolute Gasteiger partial charge is 0.419 e. The number of carboxylic acid groups (broad SMARTS) is 1. The molecule has 0 aliphatic carbocycles. The molecule has 0 saturated carbocycles. The lowest BCUT2D eigenvalue weighted by Crippen LogP contribution is -2.12. The standard InChI is InChI=1S/C19H12Cl2F3NO2/c20-13-5-1-11(2-6-13)15-9-25(10-16(26)27)18(17(15)19(22,23)24)12-3-7-14(21)8-4-12/h1-9H,10H2,(H,26,27). The van der Waals surface area contributed by atoms with Crippen LogP contribution in [-0.4, -0.2) is 15.6 Å². The Morgan fingerprint density at radius 2 is 1.41 bits per heavy atom. The van der Waals surface area contributed by atoms with Crippen molar-refractivity contribution >= 4 is 29.2 Å². The van der Waals surface area contributed by atoms with E-state index in [9.17, 15) is 18.0 Å². The van der Waals surface area contributed by atoms with Crippen LogP contribution in [0.15, 0.2) is 54.7 Å². The Hall–Kier alpha value is -2.44. The quantitative estimate of drug-likeness (QED) is 0.550. The zero-order valence-electron chi connectivity index (χ0n) is 13.6. The van der Waals surface area contributed by atoms with Crippen molar-refractivity contribution in [2.45, 2.75) is 12.7 Å². The van der Waals surface area contributed by atoms with Gasteiger partial charge in [0.05, 0.1) is 11.3 Å². The molecular formula is C19H12Cl2F3NO2. The summed E-state index contributed by atoms with van der Waals surface area (Å²) >= 11 is 11.7. The Balaban J connectivity index is 2.33. The maximum atomic E-state index is 14.0. The number of hydrogen-bond donors (Lipinski definition) is 1. The fourth-order valence-corrected chi connectivity index (χ4v) is 3.13. The van der Waals surface area contributed by atoms with E-state index in [-0.39, 0.29) is 22.4 Å². The van der Waals surface area contributed by atoms with Crippen LogP contribution < -0.4 is 0 Å². The molecular weight excluding hydrogens is 402 g/mol. The van der Waals surface area contributed by atoms with E-state index in [1.807, 2.05) is 0 Å². The molecule has 2 aromatic carbocycles. The second-order valence-electron chi connectivity index (χ2n) is 5.80. The van der Waals surface area contributed by atoms with E-state index in [1.54, 1.807) is 0 Å². The fraction of sp³-hybridized carbons (Fsp3) is 0.105. The number of halogens is 5. The van der Waals surface area contributed by atoms with Gasteiger partial charge in [0.25, 0.3) is 0 Å². The van der Waals surface area contributed by atoms with Gasteiger partial charge in [-0.25, -0.2) is 0 Å². The van der Waals surface area contributed by atoms with E-state index in [0.717, 1.165) is 4.57 Å². The van der Waals surface area contributed by atoms with Gasteiger partial charge in [-0.2, -0.15) is 13.2 Å². The van der Waals surface area contributed by atoms with Crippen LogP contribution in [0.5, 0.6) is 0 Å². The molecule has 0 bridgehead atoms. The lowest BCUT2D eigenvalue weighted by Gasteiger charge is -2.14. The summed E-state index contributed by atoms with van der Waals surface area (Å²) in [6.45, 7) is -0.616. The number of rotatable bonds is 4. The first-order valence-electron chi connectivity index (χ1n) is 7.71. The van der Waals surface area contributed by atoms with Crippen molar-refractivity contribution in [3.63, 3.8) is 0 Å². The van der Waals surface area contributed by atoms with Crippen LogP contribution in [0.4, 0.5) is 13.2 Å². The van der Waals surface area contributed by atoms with E-state index in [2.05, 4.69) is 0 Å². The molecule has 0 amide bonds. The monoisotopic (exact) mass is 413 g/mol. The van der Waals surface area contributed by atoms with Gasteiger partial charge >= 0.3 is 12.1 Å². The van der Waals surface area contributed by atoms with Gasteiger partial charge in [-0.1, -0.05) is 47.5 Å². The minimum Gasteiger partial charge on any atom is -0.480 e. The first kappa shape index (κ1) is 19.3. The van der Waals surface area contributed by atoms with Crippen molar-refractivity contribution in [1.29, 1.82) is 0 Å². The highest BCUT2D eigenvalue weighted by atomic mass is 35.5. The summed E-state index contributed by atoms with van der Waals surface area (Å²) in [4.78, 5) is 11.2. The average molecular weight is 414 g/mol. The van der Waals surface area contributed by atoms with Crippen LogP contribution in [0.2, 0.25) is 10.0 Å². The Morgan fingerprint density at radius 3 is 1.85 bits per heavy atom. The topological polar surface area (TPSA) is 42.2 Å². The van der Waals surface area contributed by atoms with Crippen LogP contribution in [0.25, 0.3) is 22.4 Å². The van der Waals surface area contributed by atoms with E-state index in [0.29, 0.717) is 10.0 Å². The maximum Gasteiger partial charge on any atom is 0.419 e. The summed E-state index contributed by atoms with van der Waals surface area (Å²) in [7, 11) is 0. The van der Waals surface area contributed by atoms with E-state index in [1.165, 1.54) is 54.7 Å². The van der Waals surface area contributed by atoms with E-state index < -0.39 is 24.3 Å². The molecule has 0 saturated heterocycles. The normalized spacial score (nSPS) is 11.6. The first-order chi connectivity index (χ1) is 12.7. The summed E-state index contributed by atoms with van der Waals surface area (Å²) in [5.74, 6) is -1.25. The highest BCUT2D eigenvalue weighted by molar-refractivity contribution is 6.30. The highest BCUT2D eigenvalue weighted by Crippen LogP contribution is 2.45. The van der Waals surface area contributed by atoms with Gasteiger partial charge < -0.3 is 9.67 Å². The van der Waals surface area contributed by atoms with Crippen molar-refractivity contribution in [3.05, 3.63) is 70.3 Å².